The molecule has 6 nitrogen and oxygen atoms in total. The first-order chi connectivity index (χ1) is 9.40. The van der Waals surface area contributed by atoms with Crippen molar-refractivity contribution in [3.63, 3.8) is 0 Å². The predicted octanol–water partition coefficient (Wildman–Crippen LogP) is 2.11. The standard InChI is InChI=1S/C12H15F2N5O/c1-6(10-7(2)16-17-8(10)3)15-11(20)9-4-5-19(18-9)12(13)14/h4-6,12H,1-3H3,(H,15,20)(H,16,17). The lowest BCUT2D eigenvalue weighted by Crippen LogP contribution is -2.27. The van der Waals surface area contributed by atoms with Crippen LogP contribution in [0.15, 0.2) is 12.3 Å². The number of aromatic nitrogens is 4. The van der Waals surface area contributed by atoms with Gasteiger partial charge in [-0.2, -0.15) is 19.0 Å². The van der Waals surface area contributed by atoms with Crippen LogP contribution in [0.5, 0.6) is 0 Å². The van der Waals surface area contributed by atoms with E-state index in [4.69, 9.17) is 0 Å². The van der Waals surface area contributed by atoms with Crippen LogP contribution in [0, 0.1) is 13.8 Å². The summed E-state index contributed by atoms with van der Waals surface area (Å²) in [6.07, 6.45) is 1.07. The maximum atomic E-state index is 12.4. The number of nitrogens with one attached hydrogen (secondary N) is 2. The largest absolute Gasteiger partial charge is 0.344 e. The lowest BCUT2D eigenvalue weighted by Gasteiger charge is -2.13. The molecule has 0 fully saturated rings. The van der Waals surface area contributed by atoms with Crippen LogP contribution < -0.4 is 5.32 Å². The molecular formula is C12H15F2N5O. The zero-order valence-corrected chi connectivity index (χ0v) is 11.3. The highest BCUT2D eigenvalue weighted by Gasteiger charge is 2.19. The van der Waals surface area contributed by atoms with Gasteiger partial charge in [-0.05, 0) is 26.8 Å². The number of halogens is 2. The number of hydrogen-bond acceptors (Lipinski definition) is 3. The molecule has 0 saturated carbocycles. The Morgan fingerprint density at radius 3 is 2.65 bits per heavy atom. The van der Waals surface area contributed by atoms with Crippen molar-refractivity contribution in [1.29, 1.82) is 0 Å². The molecule has 2 aromatic rings. The number of H-pyrrole nitrogens is 1. The van der Waals surface area contributed by atoms with Gasteiger partial charge in [-0.15, -0.1) is 0 Å². The molecule has 0 radical (unpaired) electrons. The summed E-state index contributed by atoms with van der Waals surface area (Å²) < 4.78 is 25.2. The molecule has 1 atom stereocenters. The van der Waals surface area contributed by atoms with Crippen molar-refractivity contribution in [2.75, 3.05) is 0 Å². The molecule has 20 heavy (non-hydrogen) atoms. The maximum absolute atomic E-state index is 12.4. The highest BCUT2D eigenvalue weighted by molar-refractivity contribution is 5.92. The lowest BCUT2D eigenvalue weighted by molar-refractivity contribution is 0.0559. The van der Waals surface area contributed by atoms with Crippen molar-refractivity contribution in [2.45, 2.75) is 33.4 Å². The first-order valence-electron chi connectivity index (χ1n) is 6.05. The van der Waals surface area contributed by atoms with E-state index in [0.29, 0.717) is 4.68 Å². The molecule has 0 aliphatic rings. The molecule has 0 aromatic carbocycles. The van der Waals surface area contributed by atoms with Gasteiger partial charge in [0.2, 0.25) is 0 Å². The fourth-order valence-electron chi connectivity index (χ4n) is 2.11. The Bertz CT molecular complexity index is 600. The van der Waals surface area contributed by atoms with Crippen molar-refractivity contribution in [3.8, 4) is 0 Å². The van der Waals surface area contributed by atoms with E-state index >= 15 is 0 Å². The fourth-order valence-corrected chi connectivity index (χ4v) is 2.11. The van der Waals surface area contributed by atoms with Gasteiger partial charge in [-0.25, -0.2) is 4.68 Å². The van der Waals surface area contributed by atoms with Gasteiger partial charge in [0, 0.05) is 17.5 Å². The van der Waals surface area contributed by atoms with Gasteiger partial charge in [0.25, 0.3) is 5.91 Å². The highest BCUT2D eigenvalue weighted by atomic mass is 19.3. The number of nitrogens with zero attached hydrogens (tertiary/aromatic N) is 3. The summed E-state index contributed by atoms with van der Waals surface area (Å²) in [4.78, 5) is 11.9. The van der Waals surface area contributed by atoms with E-state index in [-0.39, 0.29) is 11.7 Å². The molecule has 0 spiro atoms. The van der Waals surface area contributed by atoms with E-state index in [1.165, 1.54) is 6.07 Å². The van der Waals surface area contributed by atoms with Crippen LogP contribution in [0.1, 0.15) is 47.0 Å². The average Bonchev–Trinajstić information content (AvgIpc) is 2.96. The molecule has 1 unspecified atom stereocenters. The lowest BCUT2D eigenvalue weighted by atomic mass is 10.1. The van der Waals surface area contributed by atoms with Crippen molar-refractivity contribution >= 4 is 5.91 Å². The summed E-state index contributed by atoms with van der Waals surface area (Å²) in [5.74, 6) is -0.503. The third kappa shape index (κ3) is 2.68. The molecule has 0 bridgehead atoms. The second-order valence-electron chi connectivity index (χ2n) is 4.50. The Morgan fingerprint density at radius 2 is 2.15 bits per heavy atom. The van der Waals surface area contributed by atoms with Crippen molar-refractivity contribution < 1.29 is 13.6 Å². The quantitative estimate of drug-likeness (QED) is 0.902. The van der Waals surface area contributed by atoms with Gasteiger partial charge in [0.15, 0.2) is 0 Å². The molecule has 2 heterocycles. The van der Waals surface area contributed by atoms with Gasteiger partial charge >= 0.3 is 6.55 Å². The van der Waals surface area contributed by atoms with Crippen LogP contribution >= 0.6 is 0 Å². The zero-order valence-electron chi connectivity index (χ0n) is 11.3. The van der Waals surface area contributed by atoms with Crippen LogP contribution in [0.2, 0.25) is 0 Å². The number of aryl methyl sites for hydroxylation is 2. The summed E-state index contributed by atoms with van der Waals surface area (Å²) in [6.45, 7) is 2.72. The minimum Gasteiger partial charge on any atom is -0.344 e. The number of carbonyl (C=O) groups is 1. The minimum atomic E-state index is -2.76. The van der Waals surface area contributed by atoms with Crippen LogP contribution in [-0.4, -0.2) is 25.9 Å². The molecule has 2 rings (SSSR count). The summed E-state index contributed by atoms with van der Waals surface area (Å²) >= 11 is 0. The molecule has 0 aliphatic carbocycles. The summed E-state index contributed by atoms with van der Waals surface area (Å²) in [5.41, 5.74) is 2.48. The van der Waals surface area contributed by atoms with Gasteiger partial charge in [0.1, 0.15) is 5.69 Å². The summed E-state index contributed by atoms with van der Waals surface area (Å²) in [6, 6.07) is 0.960. The van der Waals surface area contributed by atoms with Gasteiger partial charge in [-0.1, -0.05) is 0 Å². The first kappa shape index (κ1) is 14.2. The number of carbonyl (C=O) groups excluding carboxylic acids is 1. The van der Waals surface area contributed by atoms with E-state index in [1.807, 2.05) is 13.8 Å². The summed E-state index contributed by atoms with van der Waals surface area (Å²) in [7, 11) is 0. The third-order valence-electron chi connectivity index (χ3n) is 3.01. The normalized spacial score (nSPS) is 12.7. The number of rotatable bonds is 4. The zero-order chi connectivity index (χ0) is 14.9. The van der Waals surface area contributed by atoms with Crippen LogP contribution in [0.4, 0.5) is 8.78 Å². The third-order valence-corrected chi connectivity index (χ3v) is 3.01. The maximum Gasteiger partial charge on any atom is 0.333 e. The fraction of sp³-hybridized carbons (Fsp3) is 0.417. The Balaban J connectivity index is 2.11. The summed E-state index contributed by atoms with van der Waals surface area (Å²) in [5, 5.41) is 13.1. The number of aromatic amines is 1. The average molecular weight is 283 g/mol. The van der Waals surface area contributed by atoms with E-state index in [9.17, 15) is 13.6 Å². The van der Waals surface area contributed by atoms with E-state index < -0.39 is 12.5 Å². The van der Waals surface area contributed by atoms with Crippen LogP contribution in [0.25, 0.3) is 0 Å². The topological polar surface area (TPSA) is 75.6 Å². The monoisotopic (exact) mass is 283 g/mol. The number of alkyl halides is 2. The van der Waals surface area contributed by atoms with Crippen molar-refractivity contribution in [3.05, 3.63) is 34.9 Å². The first-order valence-corrected chi connectivity index (χ1v) is 6.05. The molecular weight excluding hydrogens is 268 g/mol. The molecule has 2 N–H and O–H groups in total. The number of amides is 1. The van der Waals surface area contributed by atoms with Crippen molar-refractivity contribution in [2.24, 2.45) is 0 Å². The molecule has 2 aromatic heterocycles. The molecule has 0 saturated heterocycles. The molecule has 1 amide bonds. The molecule has 108 valence electrons. The van der Waals surface area contributed by atoms with Gasteiger partial charge in [-0.3, -0.25) is 9.89 Å². The van der Waals surface area contributed by atoms with Crippen molar-refractivity contribution in [1.82, 2.24) is 25.3 Å². The second-order valence-corrected chi connectivity index (χ2v) is 4.50. The Morgan fingerprint density at radius 1 is 1.45 bits per heavy atom. The second kappa shape index (κ2) is 5.40. The predicted molar refractivity (Wildman–Crippen MR) is 67.4 cm³/mol. The number of hydrogen-bond donors (Lipinski definition) is 2. The smallest absolute Gasteiger partial charge is 0.333 e. The minimum absolute atomic E-state index is 0.0454. The van der Waals surface area contributed by atoms with Crippen LogP contribution in [0.3, 0.4) is 0 Å². The molecule has 0 aliphatic heterocycles. The van der Waals surface area contributed by atoms with Gasteiger partial charge < -0.3 is 5.32 Å². The van der Waals surface area contributed by atoms with E-state index in [0.717, 1.165) is 23.1 Å². The highest BCUT2D eigenvalue weighted by Crippen LogP contribution is 2.19. The van der Waals surface area contributed by atoms with E-state index in [2.05, 4.69) is 20.6 Å². The Kier molecular flexibility index (Phi) is 3.82. The van der Waals surface area contributed by atoms with Crippen LogP contribution in [-0.2, 0) is 0 Å². The Hall–Kier alpha value is -2.25. The Labute approximate surface area is 114 Å². The van der Waals surface area contributed by atoms with Gasteiger partial charge in [0.05, 0.1) is 11.7 Å². The SMILES string of the molecule is Cc1n[nH]c(C)c1C(C)NC(=O)c1ccn(C(F)F)n1. The molecule has 8 heteroatoms. The van der Waals surface area contributed by atoms with E-state index in [1.54, 1.807) is 6.92 Å².